The molecule has 1 unspecified atom stereocenters. The summed E-state index contributed by atoms with van der Waals surface area (Å²) in [5, 5.41) is 3.29. The van der Waals surface area contributed by atoms with Gasteiger partial charge in [0.2, 0.25) is 11.8 Å². The highest BCUT2D eigenvalue weighted by atomic mass is 32.1. The van der Waals surface area contributed by atoms with Crippen LogP contribution in [-0.4, -0.2) is 33.7 Å². The van der Waals surface area contributed by atoms with Gasteiger partial charge in [-0.15, -0.1) is 22.7 Å². The molecule has 1 atom stereocenters. The monoisotopic (exact) mass is 462 g/mol. The minimum atomic E-state index is -0.151. The molecule has 2 aromatic carbocycles. The molecule has 0 aliphatic heterocycles. The van der Waals surface area contributed by atoms with Crippen molar-refractivity contribution in [3.05, 3.63) is 76.8 Å². The van der Waals surface area contributed by atoms with Gasteiger partial charge in [0.25, 0.3) is 0 Å². The first-order valence-electron chi connectivity index (χ1n) is 10.1. The maximum atomic E-state index is 12.7. The van der Waals surface area contributed by atoms with Crippen LogP contribution in [0.15, 0.2) is 66.1 Å². The van der Waals surface area contributed by atoms with E-state index in [1.165, 1.54) is 24.3 Å². The molecule has 2 amide bonds. The van der Waals surface area contributed by atoms with Gasteiger partial charge in [-0.3, -0.25) is 14.5 Å². The summed E-state index contributed by atoms with van der Waals surface area (Å²) in [4.78, 5) is 37.3. The summed E-state index contributed by atoms with van der Waals surface area (Å²) in [6.45, 7) is 3.47. The average Bonchev–Trinajstić information content (AvgIpc) is 3.44. The van der Waals surface area contributed by atoms with Crippen molar-refractivity contribution in [1.29, 1.82) is 0 Å². The predicted molar refractivity (Wildman–Crippen MR) is 131 cm³/mol. The molecule has 0 aliphatic rings. The van der Waals surface area contributed by atoms with E-state index in [4.69, 9.17) is 0 Å². The van der Waals surface area contributed by atoms with Gasteiger partial charge in [-0.1, -0.05) is 30.3 Å². The molecule has 0 bridgehead atoms. The summed E-state index contributed by atoms with van der Waals surface area (Å²) >= 11 is 2.95. The molecule has 0 spiro atoms. The first kappa shape index (κ1) is 21.9. The lowest BCUT2D eigenvalue weighted by Crippen LogP contribution is -2.27. The van der Waals surface area contributed by atoms with Crippen LogP contribution in [-0.2, 0) is 9.59 Å². The van der Waals surface area contributed by atoms with Crippen molar-refractivity contribution in [2.45, 2.75) is 19.9 Å². The molecule has 0 saturated heterocycles. The van der Waals surface area contributed by atoms with Gasteiger partial charge >= 0.3 is 0 Å². The van der Waals surface area contributed by atoms with Crippen molar-refractivity contribution < 1.29 is 9.59 Å². The highest BCUT2D eigenvalue weighted by Gasteiger charge is 2.20. The van der Waals surface area contributed by atoms with Crippen LogP contribution in [0.25, 0.3) is 16.3 Å². The summed E-state index contributed by atoms with van der Waals surface area (Å²) in [5.41, 5.74) is 2.33. The fraction of sp³-hybridized carbons (Fsp3) is 0.167. The number of aromatic nitrogens is 2. The minimum absolute atomic E-state index is 0.124. The molecular weight excluding hydrogens is 440 g/mol. The number of hydrogen-bond donors (Lipinski definition) is 0. The largest absolute Gasteiger partial charge is 0.333 e. The van der Waals surface area contributed by atoms with E-state index in [-0.39, 0.29) is 17.9 Å². The van der Waals surface area contributed by atoms with Crippen LogP contribution in [0.4, 0.5) is 10.8 Å². The Labute approximate surface area is 194 Å². The van der Waals surface area contributed by atoms with Crippen molar-refractivity contribution in [3.63, 3.8) is 0 Å². The fourth-order valence-electron chi connectivity index (χ4n) is 3.16. The number of anilines is 2. The van der Waals surface area contributed by atoms with Crippen LogP contribution in [0.2, 0.25) is 0 Å². The number of para-hydroxylation sites is 2. The van der Waals surface area contributed by atoms with Gasteiger partial charge in [0.05, 0.1) is 27.6 Å². The van der Waals surface area contributed by atoms with Crippen LogP contribution in [0.1, 0.15) is 30.6 Å². The molecule has 8 heteroatoms. The van der Waals surface area contributed by atoms with E-state index in [2.05, 4.69) is 9.97 Å². The maximum absolute atomic E-state index is 12.7. The normalized spacial score (nSPS) is 12.2. The molecule has 0 radical (unpaired) electrons. The van der Waals surface area contributed by atoms with Crippen LogP contribution in [0, 0.1) is 0 Å². The smallest absolute Gasteiger partial charge is 0.246 e. The first-order chi connectivity index (χ1) is 15.4. The number of fused-ring (bicyclic) bond motifs is 1. The second-order valence-electron chi connectivity index (χ2n) is 7.22. The summed E-state index contributed by atoms with van der Waals surface area (Å²) in [5.74, 6) is -0.265. The molecule has 0 fully saturated rings. The number of likely N-dealkylation sites (N-methyl/N-ethyl adjacent to an activating group) is 1. The standard InChI is InChI=1S/C24H22N4O2S2/c1-16(23-26-20-11-7-8-12-21(20)32-23)27(3)22(30)14-13-18-15-31-24(25-18)28(17(2)29)19-9-5-4-6-10-19/h4-16H,1-3H3/b14-13+. The SMILES string of the molecule is CC(=O)N(c1ccccc1)c1nc(/C=C/C(=O)N(C)C(C)c2nc3ccccc3s2)cs1. The second kappa shape index (κ2) is 9.42. The number of thiazole rings is 2. The zero-order valence-electron chi connectivity index (χ0n) is 17.9. The third-order valence-corrected chi connectivity index (χ3v) is 7.07. The number of benzene rings is 2. The number of carbonyl (C=O) groups excluding carboxylic acids is 2. The molecule has 0 N–H and O–H groups in total. The quantitative estimate of drug-likeness (QED) is 0.346. The lowest BCUT2D eigenvalue weighted by molar-refractivity contribution is -0.126. The third kappa shape index (κ3) is 4.61. The molecule has 6 nitrogen and oxygen atoms in total. The van der Waals surface area contributed by atoms with Crippen LogP contribution in [0.5, 0.6) is 0 Å². The van der Waals surface area contributed by atoms with Crippen LogP contribution >= 0.6 is 22.7 Å². The Morgan fingerprint density at radius 2 is 1.75 bits per heavy atom. The van der Waals surface area contributed by atoms with Crippen molar-refractivity contribution >= 4 is 61.6 Å². The second-order valence-corrected chi connectivity index (χ2v) is 9.12. The Hall–Kier alpha value is -3.36. The molecule has 2 heterocycles. The van der Waals surface area contributed by atoms with E-state index >= 15 is 0 Å². The Morgan fingerprint density at radius 3 is 2.47 bits per heavy atom. The molecule has 32 heavy (non-hydrogen) atoms. The van der Waals surface area contributed by atoms with Gasteiger partial charge in [0.1, 0.15) is 5.01 Å². The first-order valence-corrected chi connectivity index (χ1v) is 11.8. The van der Waals surface area contributed by atoms with Crippen molar-refractivity contribution in [2.24, 2.45) is 0 Å². The topological polar surface area (TPSA) is 66.4 Å². The predicted octanol–water partition coefficient (Wildman–Crippen LogP) is 5.67. The number of rotatable bonds is 6. The van der Waals surface area contributed by atoms with Gasteiger partial charge in [-0.2, -0.15) is 0 Å². The highest BCUT2D eigenvalue weighted by Crippen LogP contribution is 2.30. The van der Waals surface area contributed by atoms with Gasteiger partial charge in [0.15, 0.2) is 5.13 Å². The zero-order chi connectivity index (χ0) is 22.7. The van der Waals surface area contributed by atoms with Crippen LogP contribution in [0.3, 0.4) is 0 Å². The summed E-state index contributed by atoms with van der Waals surface area (Å²) in [7, 11) is 1.77. The Morgan fingerprint density at radius 1 is 1.03 bits per heavy atom. The van der Waals surface area contributed by atoms with E-state index in [0.717, 1.165) is 20.9 Å². The van der Waals surface area contributed by atoms with Gasteiger partial charge in [-0.25, -0.2) is 9.97 Å². The van der Waals surface area contributed by atoms with Gasteiger partial charge in [0, 0.05) is 25.4 Å². The molecule has 0 aliphatic carbocycles. The van der Waals surface area contributed by atoms with Crippen molar-refractivity contribution in [1.82, 2.24) is 14.9 Å². The van der Waals surface area contributed by atoms with E-state index < -0.39 is 0 Å². The van der Waals surface area contributed by atoms with E-state index in [0.29, 0.717) is 10.8 Å². The van der Waals surface area contributed by atoms with Gasteiger partial charge < -0.3 is 4.90 Å². The zero-order valence-corrected chi connectivity index (χ0v) is 19.6. The molecule has 4 rings (SSSR count). The maximum Gasteiger partial charge on any atom is 0.246 e. The van der Waals surface area contributed by atoms with Gasteiger partial charge in [-0.05, 0) is 37.3 Å². The lowest BCUT2D eigenvalue weighted by atomic mass is 10.3. The Bertz CT molecular complexity index is 1250. The fourth-order valence-corrected chi connectivity index (χ4v) is 5.08. The average molecular weight is 463 g/mol. The molecule has 2 aromatic heterocycles. The summed E-state index contributed by atoms with van der Waals surface area (Å²) < 4.78 is 1.11. The number of carbonyl (C=O) groups is 2. The van der Waals surface area contributed by atoms with E-state index in [1.54, 1.807) is 34.3 Å². The third-order valence-electron chi connectivity index (χ3n) is 5.02. The van der Waals surface area contributed by atoms with Crippen molar-refractivity contribution in [2.75, 3.05) is 11.9 Å². The molecule has 4 aromatic rings. The number of nitrogens with zero attached hydrogens (tertiary/aromatic N) is 4. The minimum Gasteiger partial charge on any atom is -0.333 e. The Balaban J connectivity index is 1.47. The van der Waals surface area contributed by atoms with Crippen molar-refractivity contribution in [3.8, 4) is 0 Å². The molecule has 162 valence electrons. The molecule has 0 saturated carbocycles. The molecular formula is C24H22N4O2S2. The van der Waals surface area contributed by atoms with Crippen LogP contribution < -0.4 is 4.90 Å². The summed E-state index contributed by atoms with van der Waals surface area (Å²) in [6.07, 6.45) is 3.18. The lowest BCUT2D eigenvalue weighted by Gasteiger charge is -2.21. The number of amides is 2. The Kier molecular flexibility index (Phi) is 6.43. The highest BCUT2D eigenvalue weighted by molar-refractivity contribution is 7.18. The number of hydrogen-bond acceptors (Lipinski definition) is 6. The van der Waals surface area contributed by atoms with E-state index in [9.17, 15) is 9.59 Å². The van der Waals surface area contributed by atoms with E-state index in [1.807, 2.05) is 66.9 Å². The summed E-state index contributed by atoms with van der Waals surface area (Å²) in [6, 6.07) is 17.2.